The Labute approximate surface area is 144 Å². The number of carbonyl (C=O) groups is 1. The van der Waals surface area contributed by atoms with Gasteiger partial charge in [-0.05, 0) is 18.1 Å². The topological polar surface area (TPSA) is 114 Å². The summed E-state index contributed by atoms with van der Waals surface area (Å²) < 4.78 is 29.7. The second-order valence-corrected chi connectivity index (χ2v) is 7.20. The molecule has 24 heavy (non-hydrogen) atoms. The SMILES string of the molecule is CCCNC(=O)NCc1nnc(S(=O)(=O)Cc2ccccc2Cl)o1. The maximum Gasteiger partial charge on any atom is 0.335 e. The predicted molar refractivity (Wildman–Crippen MR) is 87.2 cm³/mol. The average molecular weight is 373 g/mol. The molecule has 0 unspecified atom stereocenters. The Balaban J connectivity index is 2.01. The molecule has 0 aliphatic carbocycles. The molecule has 0 bridgehead atoms. The number of sulfone groups is 1. The molecule has 0 atom stereocenters. The van der Waals surface area contributed by atoms with E-state index in [1.54, 1.807) is 24.3 Å². The second kappa shape index (κ2) is 8.11. The number of aromatic nitrogens is 2. The molecular formula is C14H17ClN4O4S. The fraction of sp³-hybridized carbons (Fsp3) is 0.357. The molecule has 2 N–H and O–H groups in total. The number of benzene rings is 1. The third-order valence-corrected chi connectivity index (χ3v) is 4.71. The number of urea groups is 1. The molecule has 1 aromatic heterocycles. The summed E-state index contributed by atoms with van der Waals surface area (Å²) in [4.78, 5) is 11.4. The minimum Gasteiger partial charge on any atom is -0.411 e. The normalized spacial score (nSPS) is 11.2. The summed E-state index contributed by atoms with van der Waals surface area (Å²) in [6, 6.07) is 6.21. The van der Waals surface area contributed by atoms with Crippen molar-refractivity contribution < 1.29 is 17.6 Å². The predicted octanol–water partition coefficient (Wildman–Crippen LogP) is 1.91. The highest BCUT2D eigenvalue weighted by Gasteiger charge is 2.24. The highest BCUT2D eigenvalue weighted by atomic mass is 35.5. The molecule has 2 aromatic rings. The maximum atomic E-state index is 12.3. The van der Waals surface area contributed by atoms with Crippen LogP contribution in [0.25, 0.3) is 0 Å². The van der Waals surface area contributed by atoms with E-state index in [1.807, 2.05) is 6.92 Å². The molecular weight excluding hydrogens is 356 g/mol. The molecule has 2 amide bonds. The number of nitrogens with zero attached hydrogens (tertiary/aromatic N) is 2. The van der Waals surface area contributed by atoms with Crippen molar-refractivity contribution in [3.63, 3.8) is 0 Å². The molecule has 0 saturated carbocycles. The lowest BCUT2D eigenvalue weighted by Crippen LogP contribution is -2.35. The smallest absolute Gasteiger partial charge is 0.335 e. The van der Waals surface area contributed by atoms with Gasteiger partial charge in [-0.2, -0.15) is 0 Å². The summed E-state index contributed by atoms with van der Waals surface area (Å²) in [7, 11) is -3.82. The van der Waals surface area contributed by atoms with Crippen LogP contribution in [-0.4, -0.2) is 31.2 Å². The first kappa shape index (κ1) is 18.2. The first-order valence-corrected chi connectivity index (χ1v) is 9.25. The van der Waals surface area contributed by atoms with E-state index >= 15 is 0 Å². The van der Waals surface area contributed by atoms with Crippen molar-refractivity contribution in [2.75, 3.05) is 6.54 Å². The minimum absolute atomic E-state index is 0.000572. The zero-order valence-electron chi connectivity index (χ0n) is 13.0. The van der Waals surface area contributed by atoms with Gasteiger partial charge in [0.25, 0.3) is 0 Å². The van der Waals surface area contributed by atoms with Gasteiger partial charge >= 0.3 is 11.3 Å². The summed E-state index contributed by atoms with van der Waals surface area (Å²) in [6.45, 7) is 2.39. The third kappa shape index (κ3) is 4.93. The largest absolute Gasteiger partial charge is 0.411 e. The van der Waals surface area contributed by atoms with Crippen LogP contribution in [0.2, 0.25) is 5.02 Å². The first-order valence-electron chi connectivity index (χ1n) is 7.22. The standard InChI is InChI=1S/C14H17ClN4O4S/c1-2-7-16-13(20)17-8-12-18-19-14(23-12)24(21,22)9-10-5-3-4-6-11(10)15/h3-6H,2,7-9H2,1H3,(H2,16,17,20). The molecule has 0 spiro atoms. The summed E-state index contributed by atoms with van der Waals surface area (Å²) in [5.41, 5.74) is 0.441. The van der Waals surface area contributed by atoms with E-state index in [2.05, 4.69) is 20.8 Å². The van der Waals surface area contributed by atoms with Gasteiger partial charge in [0, 0.05) is 11.6 Å². The van der Waals surface area contributed by atoms with Gasteiger partial charge in [0.2, 0.25) is 15.7 Å². The average Bonchev–Trinajstić information content (AvgIpc) is 3.03. The Bertz CT molecular complexity index is 807. The number of hydrogen-bond donors (Lipinski definition) is 2. The third-order valence-electron chi connectivity index (χ3n) is 2.95. The van der Waals surface area contributed by atoms with Gasteiger partial charge in [-0.1, -0.05) is 41.8 Å². The number of nitrogens with one attached hydrogen (secondary N) is 2. The molecule has 1 aromatic carbocycles. The number of rotatable bonds is 7. The fourth-order valence-corrected chi connectivity index (χ4v) is 3.23. The van der Waals surface area contributed by atoms with Crippen LogP contribution in [0.3, 0.4) is 0 Å². The van der Waals surface area contributed by atoms with Crippen LogP contribution in [0, 0.1) is 0 Å². The second-order valence-electron chi connectivity index (χ2n) is 4.92. The van der Waals surface area contributed by atoms with Gasteiger partial charge < -0.3 is 15.1 Å². The molecule has 8 nitrogen and oxygen atoms in total. The van der Waals surface area contributed by atoms with Crippen LogP contribution >= 0.6 is 11.6 Å². The highest BCUT2D eigenvalue weighted by Crippen LogP contribution is 2.21. The summed E-state index contributed by atoms with van der Waals surface area (Å²) >= 11 is 5.96. The Morgan fingerprint density at radius 3 is 2.71 bits per heavy atom. The van der Waals surface area contributed by atoms with E-state index in [1.165, 1.54) is 0 Å². The van der Waals surface area contributed by atoms with Crippen molar-refractivity contribution in [3.8, 4) is 0 Å². The Morgan fingerprint density at radius 2 is 2.00 bits per heavy atom. The van der Waals surface area contributed by atoms with Crippen molar-refractivity contribution in [1.82, 2.24) is 20.8 Å². The van der Waals surface area contributed by atoms with Crippen molar-refractivity contribution in [1.29, 1.82) is 0 Å². The van der Waals surface area contributed by atoms with E-state index < -0.39 is 21.1 Å². The number of halogens is 1. The summed E-state index contributed by atoms with van der Waals surface area (Å²) in [5.74, 6) is -0.349. The number of amides is 2. The Kier molecular flexibility index (Phi) is 6.16. The summed E-state index contributed by atoms with van der Waals surface area (Å²) in [6.07, 6.45) is 0.804. The molecule has 0 aliphatic heterocycles. The molecule has 0 fully saturated rings. The van der Waals surface area contributed by atoms with Gasteiger partial charge in [0.15, 0.2) is 0 Å². The monoisotopic (exact) mass is 372 g/mol. The number of carbonyl (C=O) groups excluding carboxylic acids is 1. The van der Waals surface area contributed by atoms with Crippen LogP contribution in [0.5, 0.6) is 0 Å². The molecule has 1 heterocycles. The lowest BCUT2D eigenvalue weighted by molar-refractivity contribution is 0.239. The lowest BCUT2D eigenvalue weighted by atomic mass is 10.2. The fourth-order valence-electron chi connectivity index (χ4n) is 1.77. The van der Waals surface area contributed by atoms with Crippen LogP contribution < -0.4 is 10.6 Å². The quantitative estimate of drug-likeness (QED) is 0.767. The van der Waals surface area contributed by atoms with E-state index in [-0.39, 0.29) is 18.2 Å². The molecule has 10 heteroatoms. The van der Waals surface area contributed by atoms with Crippen molar-refractivity contribution in [2.45, 2.75) is 30.9 Å². The van der Waals surface area contributed by atoms with Gasteiger partial charge in [0.1, 0.15) is 0 Å². The van der Waals surface area contributed by atoms with Gasteiger partial charge in [-0.15, -0.1) is 5.10 Å². The minimum atomic E-state index is -3.82. The molecule has 0 radical (unpaired) electrons. The van der Waals surface area contributed by atoms with Gasteiger partial charge in [0.05, 0.1) is 12.3 Å². The Hall–Kier alpha value is -2.13. The first-order chi connectivity index (χ1) is 11.4. The van der Waals surface area contributed by atoms with Gasteiger partial charge in [-0.3, -0.25) is 0 Å². The van der Waals surface area contributed by atoms with E-state index in [0.29, 0.717) is 17.1 Å². The van der Waals surface area contributed by atoms with Crippen molar-refractivity contribution in [2.24, 2.45) is 0 Å². The van der Waals surface area contributed by atoms with E-state index in [9.17, 15) is 13.2 Å². The van der Waals surface area contributed by atoms with E-state index in [4.69, 9.17) is 16.0 Å². The lowest BCUT2D eigenvalue weighted by Gasteiger charge is -2.04. The molecule has 2 rings (SSSR count). The van der Waals surface area contributed by atoms with Crippen molar-refractivity contribution in [3.05, 3.63) is 40.7 Å². The molecule has 0 aliphatic rings. The van der Waals surface area contributed by atoms with Crippen LogP contribution in [0.15, 0.2) is 33.9 Å². The van der Waals surface area contributed by atoms with E-state index in [0.717, 1.165) is 6.42 Å². The molecule has 130 valence electrons. The van der Waals surface area contributed by atoms with Crippen LogP contribution in [-0.2, 0) is 22.1 Å². The highest BCUT2D eigenvalue weighted by molar-refractivity contribution is 7.90. The zero-order chi connectivity index (χ0) is 17.6. The zero-order valence-corrected chi connectivity index (χ0v) is 14.5. The maximum absolute atomic E-state index is 12.3. The summed E-state index contributed by atoms with van der Waals surface area (Å²) in [5, 5.41) is 12.1. The number of hydrogen-bond acceptors (Lipinski definition) is 6. The van der Waals surface area contributed by atoms with Crippen LogP contribution in [0.4, 0.5) is 4.79 Å². The molecule has 0 saturated heterocycles. The van der Waals surface area contributed by atoms with Crippen molar-refractivity contribution >= 4 is 27.5 Å². The van der Waals surface area contributed by atoms with Crippen LogP contribution in [0.1, 0.15) is 24.8 Å². The Morgan fingerprint density at radius 1 is 1.25 bits per heavy atom. The van der Waals surface area contributed by atoms with Gasteiger partial charge in [-0.25, -0.2) is 13.2 Å².